The number of hydrogen-bond donors (Lipinski definition) is 2. The summed E-state index contributed by atoms with van der Waals surface area (Å²) in [5.41, 5.74) is 7.06. The van der Waals surface area contributed by atoms with Crippen LogP contribution in [0.2, 0.25) is 0 Å². The van der Waals surface area contributed by atoms with Gasteiger partial charge in [-0.15, -0.1) is 11.3 Å². The molecule has 24 heavy (non-hydrogen) atoms. The summed E-state index contributed by atoms with van der Waals surface area (Å²) in [7, 11) is 1.85. The largest absolute Gasteiger partial charge is 0.375 e. The first-order valence-electron chi connectivity index (χ1n) is 7.60. The predicted molar refractivity (Wildman–Crippen MR) is 92.2 cm³/mol. The van der Waals surface area contributed by atoms with E-state index >= 15 is 0 Å². The molecule has 2 heterocycles. The molecule has 0 aliphatic rings. The number of nitrogens with one attached hydrogen (secondary N) is 1. The van der Waals surface area contributed by atoms with Gasteiger partial charge in [0.25, 0.3) is 0 Å². The Kier molecular flexibility index (Phi) is 4.75. The zero-order valence-corrected chi connectivity index (χ0v) is 14.1. The van der Waals surface area contributed by atoms with Gasteiger partial charge in [0.2, 0.25) is 5.91 Å². The molecule has 0 spiro atoms. The van der Waals surface area contributed by atoms with Crippen molar-refractivity contribution in [3.63, 3.8) is 0 Å². The van der Waals surface area contributed by atoms with Gasteiger partial charge in [-0.25, -0.2) is 14.4 Å². The zero-order chi connectivity index (χ0) is 17.1. The summed E-state index contributed by atoms with van der Waals surface area (Å²) in [6, 6.07) is 4.52. The number of hydrogen-bond acceptors (Lipinski definition) is 5. The van der Waals surface area contributed by atoms with Crippen LogP contribution in [0.1, 0.15) is 17.1 Å². The molecule has 0 fully saturated rings. The summed E-state index contributed by atoms with van der Waals surface area (Å²) in [5, 5.41) is 3.40. The van der Waals surface area contributed by atoms with E-state index in [0.29, 0.717) is 30.9 Å². The Morgan fingerprint density at radius 2 is 2.25 bits per heavy atom. The number of anilines is 1. The van der Waals surface area contributed by atoms with Crippen LogP contribution in [0.5, 0.6) is 0 Å². The highest BCUT2D eigenvalue weighted by molar-refractivity contribution is 7.15. The number of carbonyl (C=O) groups is 1. The zero-order valence-electron chi connectivity index (χ0n) is 13.3. The number of imidazole rings is 1. The van der Waals surface area contributed by atoms with Crippen molar-refractivity contribution in [2.45, 2.75) is 19.3 Å². The third kappa shape index (κ3) is 3.70. The smallest absolute Gasteiger partial charge is 0.220 e. The highest BCUT2D eigenvalue weighted by atomic mass is 32.1. The van der Waals surface area contributed by atoms with Crippen molar-refractivity contribution < 1.29 is 9.18 Å². The lowest BCUT2D eigenvalue weighted by Crippen LogP contribution is -2.26. The van der Waals surface area contributed by atoms with Gasteiger partial charge in [-0.1, -0.05) is 0 Å². The molecule has 2 aromatic heterocycles. The van der Waals surface area contributed by atoms with Crippen LogP contribution in [0.3, 0.4) is 0 Å². The topological polar surface area (TPSA) is 85.8 Å². The molecule has 1 amide bonds. The quantitative estimate of drug-likeness (QED) is 0.714. The van der Waals surface area contributed by atoms with Crippen molar-refractivity contribution in [2.75, 3.05) is 12.3 Å². The number of fused-ring (bicyclic) bond motifs is 1. The molecule has 3 N–H and O–H groups in total. The molecule has 6 nitrogen and oxygen atoms in total. The number of benzene rings is 1. The third-order valence-electron chi connectivity index (χ3n) is 3.78. The number of nitrogen functional groups attached to an aromatic ring is 1. The second-order valence-corrected chi connectivity index (χ2v) is 6.63. The molecular weight excluding hydrogens is 329 g/mol. The number of aromatic nitrogens is 3. The van der Waals surface area contributed by atoms with Crippen molar-refractivity contribution >= 4 is 33.4 Å². The number of nitrogens with two attached hydrogens (primary N) is 1. The van der Waals surface area contributed by atoms with Crippen molar-refractivity contribution in [3.05, 3.63) is 40.9 Å². The Balaban J connectivity index is 1.51. The molecule has 0 bridgehead atoms. The molecule has 8 heteroatoms. The van der Waals surface area contributed by atoms with Gasteiger partial charge in [0.05, 0.1) is 11.0 Å². The Morgan fingerprint density at radius 1 is 1.42 bits per heavy atom. The maximum atomic E-state index is 13.3. The van der Waals surface area contributed by atoms with Crippen molar-refractivity contribution in [1.82, 2.24) is 19.9 Å². The predicted octanol–water partition coefficient (Wildman–Crippen LogP) is 2.04. The van der Waals surface area contributed by atoms with Gasteiger partial charge < -0.3 is 15.6 Å². The molecule has 0 radical (unpaired) electrons. The van der Waals surface area contributed by atoms with E-state index in [9.17, 15) is 9.18 Å². The normalized spacial score (nSPS) is 11.1. The fraction of sp³-hybridized carbons (Fsp3) is 0.312. The lowest BCUT2D eigenvalue weighted by atomic mass is 10.2. The minimum atomic E-state index is -0.283. The van der Waals surface area contributed by atoms with Crippen LogP contribution in [0.4, 0.5) is 9.52 Å². The minimum absolute atomic E-state index is 0.0215. The molecule has 3 rings (SSSR count). The SMILES string of the molecule is Cn1c(CCNC(=O)CCc2cnc(N)s2)nc2ccc(F)cc21. The Morgan fingerprint density at radius 3 is 3.00 bits per heavy atom. The number of amides is 1. The second-order valence-electron chi connectivity index (χ2n) is 5.48. The van der Waals surface area contributed by atoms with Crippen molar-refractivity contribution in [2.24, 2.45) is 7.05 Å². The Hall–Kier alpha value is -2.48. The fourth-order valence-electron chi connectivity index (χ4n) is 2.51. The summed E-state index contributed by atoms with van der Waals surface area (Å²) in [6.07, 6.45) is 3.32. The van der Waals surface area contributed by atoms with E-state index in [-0.39, 0.29) is 11.7 Å². The van der Waals surface area contributed by atoms with Gasteiger partial charge >= 0.3 is 0 Å². The first-order chi connectivity index (χ1) is 11.5. The lowest BCUT2D eigenvalue weighted by Gasteiger charge is -2.05. The summed E-state index contributed by atoms with van der Waals surface area (Å²) in [6.45, 7) is 0.489. The number of rotatable bonds is 6. The standard InChI is InChI=1S/C16H18FN5OS/c1-22-13-8-10(17)2-4-12(13)21-14(22)6-7-19-15(23)5-3-11-9-20-16(18)24-11/h2,4,8-9H,3,5-7H2,1H3,(H2,18,20)(H,19,23). The van der Waals surface area contributed by atoms with E-state index < -0.39 is 0 Å². The first-order valence-corrected chi connectivity index (χ1v) is 8.42. The summed E-state index contributed by atoms with van der Waals surface area (Å²) >= 11 is 1.40. The van der Waals surface area contributed by atoms with E-state index in [4.69, 9.17) is 5.73 Å². The highest BCUT2D eigenvalue weighted by Gasteiger charge is 2.09. The highest BCUT2D eigenvalue weighted by Crippen LogP contribution is 2.17. The summed E-state index contributed by atoms with van der Waals surface area (Å²) < 4.78 is 15.2. The molecule has 0 aliphatic carbocycles. The number of halogens is 1. The van der Waals surface area contributed by atoms with Crippen LogP contribution in [-0.4, -0.2) is 27.0 Å². The van der Waals surface area contributed by atoms with Crippen LogP contribution < -0.4 is 11.1 Å². The summed E-state index contributed by atoms with van der Waals surface area (Å²) in [5.74, 6) is 0.506. The van der Waals surface area contributed by atoms with Gasteiger partial charge in [-0.2, -0.15) is 0 Å². The van der Waals surface area contributed by atoms with Crippen molar-refractivity contribution in [1.29, 1.82) is 0 Å². The van der Waals surface area contributed by atoms with Crippen LogP contribution in [0.15, 0.2) is 24.4 Å². The second kappa shape index (κ2) is 6.96. The van der Waals surface area contributed by atoms with Crippen LogP contribution >= 0.6 is 11.3 Å². The van der Waals surface area contributed by atoms with Crippen LogP contribution in [0, 0.1) is 5.82 Å². The van der Waals surface area contributed by atoms with Gasteiger partial charge in [-0.05, 0) is 24.6 Å². The maximum Gasteiger partial charge on any atom is 0.220 e. The number of aryl methyl sites for hydroxylation is 2. The first kappa shape index (κ1) is 16.4. The van der Waals surface area contributed by atoms with E-state index in [0.717, 1.165) is 21.7 Å². The molecule has 126 valence electrons. The van der Waals surface area contributed by atoms with Gasteiger partial charge in [0.1, 0.15) is 11.6 Å². The Labute approximate surface area is 142 Å². The lowest BCUT2D eigenvalue weighted by molar-refractivity contribution is -0.121. The average molecular weight is 347 g/mol. The molecular formula is C16H18FN5OS. The van der Waals surface area contributed by atoms with Crippen molar-refractivity contribution in [3.8, 4) is 0 Å². The molecule has 3 aromatic rings. The van der Waals surface area contributed by atoms with Crippen LogP contribution in [0.25, 0.3) is 11.0 Å². The van der Waals surface area contributed by atoms with E-state index in [1.54, 1.807) is 12.3 Å². The van der Waals surface area contributed by atoms with Gasteiger partial charge in [0.15, 0.2) is 5.13 Å². The maximum absolute atomic E-state index is 13.3. The van der Waals surface area contributed by atoms with Crippen LogP contribution in [-0.2, 0) is 24.7 Å². The molecule has 1 aromatic carbocycles. The average Bonchev–Trinajstić information content (AvgIpc) is 3.10. The number of nitrogens with zero attached hydrogens (tertiary/aromatic N) is 3. The summed E-state index contributed by atoms with van der Waals surface area (Å²) in [4.78, 5) is 21.3. The van der Waals surface area contributed by atoms with E-state index in [1.165, 1.54) is 23.5 Å². The molecule has 0 saturated heterocycles. The minimum Gasteiger partial charge on any atom is -0.375 e. The Bertz CT molecular complexity index is 873. The van der Waals surface area contributed by atoms with Gasteiger partial charge in [0, 0.05) is 37.5 Å². The molecule has 0 saturated carbocycles. The number of carbonyl (C=O) groups excluding carboxylic acids is 1. The number of thiazole rings is 1. The fourth-order valence-corrected chi connectivity index (χ4v) is 3.20. The third-order valence-corrected chi connectivity index (χ3v) is 4.66. The molecule has 0 aliphatic heterocycles. The van der Waals surface area contributed by atoms with E-state index in [2.05, 4.69) is 15.3 Å². The van der Waals surface area contributed by atoms with Gasteiger partial charge in [-0.3, -0.25) is 4.79 Å². The molecule has 0 unspecified atom stereocenters. The molecule has 0 atom stereocenters. The van der Waals surface area contributed by atoms with E-state index in [1.807, 2.05) is 11.6 Å². The monoisotopic (exact) mass is 347 g/mol.